The maximum Gasteiger partial charge on any atom is 0.176 e. The molecule has 0 unspecified atom stereocenters. The molecule has 0 amide bonds. The average Bonchev–Trinajstić information content (AvgIpc) is 2.27. The molecule has 0 saturated heterocycles. The van der Waals surface area contributed by atoms with Crippen LogP contribution in [0, 0.1) is 11.3 Å². The number of likely N-dealkylation sites (N-methyl/N-ethyl adjacent to an activating group) is 1. The Morgan fingerprint density at radius 2 is 2.06 bits per heavy atom. The van der Waals surface area contributed by atoms with Crippen molar-refractivity contribution in [3.05, 3.63) is 23.8 Å². The largest absolute Gasteiger partial charge is 0.492 e. The third-order valence-electron chi connectivity index (χ3n) is 2.28. The summed E-state index contributed by atoms with van der Waals surface area (Å²) < 4.78 is 28.5. The molecule has 6 heteroatoms. The number of hydrogen-bond acceptors (Lipinski definition) is 5. The van der Waals surface area contributed by atoms with Crippen LogP contribution in [0.2, 0.25) is 0 Å². The summed E-state index contributed by atoms with van der Waals surface area (Å²) in [7, 11) is 0.419. The molecule has 18 heavy (non-hydrogen) atoms. The van der Waals surface area contributed by atoms with Crippen LogP contribution in [0.4, 0.5) is 0 Å². The summed E-state index contributed by atoms with van der Waals surface area (Å²) in [6, 6.07) is 6.31. The highest BCUT2D eigenvalue weighted by Crippen LogP contribution is 2.21. The van der Waals surface area contributed by atoms with Crippen LogP contribution in [0.1, 0.15) is 5.56 Å². The molecule has 98 valence electrons. The zero-order chi connectivity index (χ0) is 13.8. The molecule has 1 rings (SSSR count). The minimum Gasteiger partial charge on any atom is -0.492 e. The lowest BCUT2D eigenvalue weighted by Gasteiger charge is -2.12. The fourth-order valence-corrected chi connectivity index (χ4v) is 2.18. The minimum atomic E-state index is -3.42. The van der Waals surface area contributed by atoms with Gasteiger partial charge in [0.05, 0.1) is 10.5 Å². The van der Waals surface area contributed by atoms with Crippen LogP contribution in [0.25, 0.3) is 0 Å². The molecule has 0 N–H and O–H groups in total. The lowest BCUT2D eigenvalue weighted by Crippen LogP contribution is -2.19. The summed E-state index contributed by atoms with van der Waals surface area (Å²) in [6.07, 6.45) is 1.08. The predicted molar refractivity (Wildman–Crippen MR) is 68.3 cm³/mol. The number of benzene rings is 1. The average molecular weight is 268 g/mol. The molecule has 0 bridgehead atoms. The number of hydrogen-bond donors (Lipinski definition) is 0. The topological polar surface area (TPSA) is 70.4 Å². The van der Waals surface area contributed by atoms with Crippen molar-refractivity contribution in [3.8, 4) is 11.8 Å². The molecule has 0 aliphatic heterocycles. The smallest absolute Gasteiger partial charge is 0.176 e. The fourth-order valence-electron chi connectivity index (χ4n) is 1.34. The summed E-state index contributed by atoms with van der Waals surface area (Å²) in [4.78, 5) is 1.97. The van der Waals surface area contributed by atoms with E-state index in [1.165, 1.54) is 12.1 Å². The molecule has 0 atom stereocenters. The van der Waals surface area contributed by atoms with Crippen molar-refractivity contribution in [1.29, 1.82) is 5.26 Å². The van der Waals surface area contributed by atoms with Gasteiger partial charge in [-0.3, -0.25) is 0 Å². The molecule has 0 fully saturated rings. The van der Waals surface area contributed by atoms with E-state index in [9.17, 15) is 8.42 Å². The van der Waals surface area contributed by atoms with Gasteiger partial charge in [-0.05, 0) is 26.2 Å². The molecular formula is C12H16N2O3S. The van der Waals surface area contributed by atoms with Gasteiger partial charge in [0.25, 0.3) is 0 Å². The van der Waals surface area contributed by atoms with Gasteiger partial charge in [-0.25, -0.2) is 8.42 Å². The second-order valence-corrected chi connectivity index (χ2v) is 6.18. The first-order chi connectivity index (χ1) is 8.34. The molecule has 0 aromatic heterocycles. The van der Waals surface area contributed by atoms with E-state index in [1.54, 1.807) is 6.07 Å². The van der Waals surface area contributed by atoms with Crippen LogP contribution in [-0.4, -0.2) is 46.8 Å². The molecule has 0 radical (unpaired) electrons. The molecule has 0 aliphatic rings. The van der Waals surface area contributed by atoms with Gasteiger partial charge in [0.1, 0.15) is 18.4 Å². The molecule has 5 nitrogen and oxygen atoms in total. The molecule has 0 heterocycles. The van der Waals surface area contributed by atoms with Crippen molar-refractivity contribution < 1.29 is 13.2 Å². The quantitative estimate of drug-likeness (QED) is 0.793. The van der Waals surface area contributed by atoms with E-state index in [2.05, 4.69) is 0 Å². The van der Waals surface area contributed by atoms with E-state index in [4.69, 9.17) is 10.00 Å². The Kier molecular flexibility index (Phi) is 4.70. The molecular weight excluding hydrogens is 252 g/mol. The summed E-state index contributed by atoms with van der Waals surface area (Å²) in [5.41, 5.74) is 0.137. The maximum atomic E-state index is 11.5. The van der Waals surface area contributed by atoms with Gasteiger partial charge in [0.2, 0.25) is 0 Å². The van der Waals surface area contributed by atoms with Gasteiger partial charge >= 0.3 is 0 Å². The number of nitriles is 1. The monoisotopic (exact) mass is 268 g/mol. The van der Waals surface area contributed by atoms with Gasteiger partial charge in [-0.15, -0.1) is 0 Å². The Morgan fingerprint density at radius 1 is 1.39 bits per heavy atom. The lowest BCUT2D eigenvalue weighted by atomic mass is 10.2. The van der Waals surface area contributed by atoms with Crippen LogP contribution in [0.5, 0.6) is 5.75 Å². The van der Waals surface area contributed by atoms with Crippen molar-refractivity contribution in [1.82, 2.24) is 4.90 Å². The highest BCUT2D eigenvalue weighted by molar-refractivity contribution is 7.90. The summed E-state index contributed by atoms with van der Waals surface area (Å²) in [5, 5.41) is 8.86. The first kappa shape index (κ1) is 14.5. The SMILES string of the molecule is CN(C)CCOc1ccc(C#N)c(S(C)(=O)=O)c1. The van der Waals surface area contributed by atoms with E-state index in [0.717, 1.165) is 12.8 Å². The fraction of sp³-hybridized carbons (Fsp3) is 0.417. The Morgan fingerprint density at radius 3 is 2.56 bits per heavy atom. The summed E-state index contributed by atoms with van der Waals surface area (Å²) >= 11 is 0. The Bertz CT molecular complexity index is 559. The summed E-state index contributed by atoms with van der Waals surface area (Å²) in [5.74, 6) is 0.455. The van der Waals surface area contributed by atoms with Gasteiger partial charge in [0.15, 0.2) is 9.84 Å². The first-order valence-electron chi connectivity index (χ1n) is 5.36. The molecule has 0 saturated carbocycles. The summed E-state index contributed by atoms with van der Waals surface area (Å²) in [6.45, 7) is 1.19. The Hall–Kier alpha value is -1.58. The van der Waals surface area contributed by atoms with E-state index >= 15 is 0 Å². The van der Waals surface area contributed by atoms with Gasteiger partial charge < -0.3 is 9.64 Å². The van der Waals surface area contributed by atoms with Crippen molar-refractivity contribution in [3.63, 3.8) is 0 Å². The van der Waals surface area contributed by atoms with Crippen molar-refractivity contribution >= 4 is 9.84 Å². The zero-order valence-corrected chi connectivity index (χ0v) is 11.5. The molecule has 1 aromatic rings. The van der Waals surface area contributed by atoms with Crippen molar-refractivity contribution in [2.24, 2.45) is 0 Å². The van der Waals surface area contributed by atoms with Crippen LogP contribution in [-0.2, 0) is 9.84 Å². The van der Waals surface area contributed by atoms with Crippen molar-refractivity contribution in [2.75, 3.05) is 33.5 Å². The highest BCUT2D eigenvalue weighted by atomic mass is 32.2. The third-order valence-corrected chi connectivity index (χ3v) is 3.42. The first-order valence-corrected chi connectivity index (χ1v) is 7.25. The van der Waals surface area contributed by atoms with Gasteiger partial charge in [-0.1, -0.05) is 0 Å². The normalized spacial score (nSPS) is 11.3. The van der Waals surface area contributed by atoms with E-state index in [1.807, 2.05) is 25.1 Å². The van der Waals surface area contributed by atoms with Gasteiger partial charge in [-0.2, -0.15) is 5.26 Å². The van der Waals surface area contributed by atoms with Gasteiger partial charge in [0, 0.05) is 18.9 Å². The Balaban J connectivity index is 2.95. The second-order valence-electron chi connectivity index (χ2n) is 4.19. The highest BCUT2D eigenvalue weighted by Gasteiger charge is 2.14. The number of rotatable bonds is 5. The third kappa shape index (κ3) is 4.02. The lowest BCUT2D eigenvalue weighted by molar-refractivity contribution is 0.261. The standard InChI is InChI=1S/C12H16N2O3S/c1-14(2)6-7-17-11-5-4-10(9-13)12(8-11)18(3,15)16/h4-5,8H,6-7H2,1-3H3. The zero-order valence-electron chi connectivity index (χ0n) is 10.7. The second kappa shape index (κ2) is 5.85. The number of nitrogens with zero attached hydrogens (tertiary/aromatic N) is 2. The van der Waals surface area contributed by atoms with Crippen LogP contribution < -0.4 is 4.74 Å². The van der Waals surface area contributed by atoms with E-state index in [-0.39, 0.29) is 10.5 Å². The molecule has 0 spiro atoms. The molecule has 1 aromatic carbocycles. The maximum absolute atomic E-state index is 11.5. The minimum absolute atomic E-state index is 0.00681. The Labute approximate surface area is 108 Å². The predicted octanol–water partition coefficient (Wildman–Crippen LogP) is 0.902. The number of sulfone groups is 1. The van der Waals surface area contributed by atoms with Crippen LogP contribution in [0.3, 0.4) is 0 Å². The number of ether oxygens (including phenoxy) is 1. The van der Waals surface area contributed by atoms with Crippen LogP contribution >= 0.6 is 0 Å². The van der Waals surface area contributed by atoms with E-state index < -0.39 is 9.84 Å². The van der Waals surface area contributed by atoms with E-state index in [0.29, 0.717) is 12.4 Å². The van der Waals surface area contributed by atoms with Crippen LogP contribution in [0.15, 0.2) is 23.1 Å². The van der Waals surface area contributed by atoms with Crippen molar-refractivity contribution in [2.45, 2.75) is 4.90 Å². The molecule has 0 aliphatic carbocycles.